The zero-order valence-electron chi connectivity index (χ0n) is 12.6. The lowest BCUT2D eigenvalue weighted by Gasteiger charge is -2.52. The second kappa shape index (κ2) is 5.54. The predicted octanol–water partition coefficient (Wildman–Crippen LogP) is 1.56. The molecule has 3 saturated heterocycles. The van der Waals surface area contributed by atoms with Crippen LogP contribution in [0.3, 0.4) is 0 Å². The van der Waals surface area contributed by atoms with Crippen LogP contribution in [0.15, 0.2) is 18.5 Å². The minimum atomic E-state index is 0.0840. The first-order valence-corrected chi connectivity index (χ1v) is 8.21. The lowest BCUT2D eigenvalue weighted by atomic mass is 9.83. The van der Waals surface area contributed by atoms with Crippen LogP contribution in [-0.2, 0) is 4.74 Å². The van der Waals surface area contributed by atoms with Gasteiger partial charge < -0.3 is 14.5 Å². The van der Waals surface area contributed by atoms with Crippen LogP contribution in [0.5, 0.6) is 0 Å². The number of anilines is 1. The lowest BCUT2D eigenvalue weighted by molar-refractivity contribution is -0.119. The molecule has 0 unspecified atom stereocenters. The van der Waals surface area contributed by atoms with Gasteiger partial charge in [-0.3, -0.25) is 0 Å². The molecule has 3 fully saturated rings. The van der Waals surface area contributed by atoms with Crippen molar-refractivity contribution in [3.63, 3.8) is 0 Å². The third kappa shape index (κ3) is 2.77. The highest BCUT2D eigenvalue weighted by Crippen LogP contribution is 2.37. The normalized spacial score (nSPS) is 28.8. The van der Waals surface area contributed by atoms with Gasteiger partial charge in [-0.15, -0.1) is 0 Å². The number of nitrogens with zero attached hydrogens (tertiary/aromatic N) is 4. The van der Waals surface area contributed by atoms with Gasteiger partial charge >= 0.3 is 0 Å². The Morgan fingerprint density at radius 1 is 1.19 bits per heavy atom. The SMILES string of the molecule is c1cnc(N2CC3(CC[C@@H](CN4CCCC4)CO3)C2)nc1. The molecule has 3 aliphatic heterocycles. The van der Waals surface area contributed by atoms with Gasteiger partial charge in [-0.2, -0.15) is 0 Å². The Morgan fingerprint density at radius 3 is 2.62 bits per heavy atom. The van der Waals surface area contributed by atoms with Crippen molar-refractivity contribution in [2.24, 2.45) is 5.92 Å². The highest BCUT2D eigenvalue weighted by Gasteiger charge is 2.47. The van der Waals surface area contributed by atoms with Gasteiger partial charge in [0.05, 0.1) is 19.7 Å². The maximum atomic E-state index is 6.25. The van der Waals surface area contributed by atoms with Gasteiger partial charge in [-0.1, -0.05) is 0 Å². The number of aromatic nitrogens is 2. The lowest BCUT2D eigenvalue weighted by Crippen LogP contribution is -2.65. The quantitative estimate of drug-likeness (QED) is 0.844. The molecule has 4 heterocycles. The summed E-state index contributed by atoms with van der Waals surface area (Å²) in [5.74, 6) is 1.57. The molecule has 21 heavy (non-hydrogen) atoms. The summed E-state index contributed by atoms with van der Waals surface area (Å²) in [6.45, 7) is 6.66. The van der Waals surface area contributed by atoms with E-state index in [0.717, 1.165) is 31.6 Å². The first-order valence-electron chi connectivity index (χ1n) is 8.21. The summed E-state index contributed by atoms with van der Waals surface area (Å²) >= 11 is 0. The van der Waals surface area contributed by atoms with E-state index in [4.69, 9.17) is 4.74 Å². The summed E-state index contributed by atoms with van der Waals surface area (Å²) in [6.07, 6.45) is 8.87. The van der Waals surface area contributed by atoms with E-state index >= 15 is 0 Å². The van der Waals surface area contributed by atoms with E-state index in [0.29, 0.717) is 0 Å². The molecule has 0 bridgehead atoms. The van der Waals surface area contributed by atoms with E-state index in [2.05, 4.69) is 19.8 Å². The molecule has 0 aromatic carbocycles. The second-order valence-electron chi connectivity index (χ2n) is 6.81. The van der Waals surface area contributed by atoms with E-state index in [1.54, 1.807) is 12.4 Å². The van der Waals surface area contributed by atoms with Crippen LogP contribution in [-0.4, -0.2) is 59.8 Å². The van der Waals surface area contributed by atoms with Crippen molar-refractivity contribution in [3.8, 4) is 0 Å². The molecule has 1 atom stereocenters. The summed E-state index contributed by atoms with van der Waals surface area (Å²) in [5, 5.41) is 0. The molecule has 0 radical (unpaired) electrons. The maximum Gasteiger partial charge on any atom is 0.225 e. The molecule has 5 nitrogen and oxygen atoms in total. The largest absolute Gasteiger partial charge is 0.371 e. The van der Waals surface area contributed by atoms with Crippen molar-refractivity contribution in [3.05, 3.63) is 18.5 Å². The van der Waals surface area contributed by atoms with Gasteiger partial charge in [0, 0.05) is 18.9 Å². The maximum absolute atomic E-state index is 6.25. The molecule has 0 N–H and O–H groups in total. The van der Waals surface area contributed by atoms with Crippen molar-refractivity contribution in [2.45, 2.75) is 31.3 Å². The van der Waals surface area contributed by atoms with Crippen LogP contribution < -0.4 is 4.90 Å². The van der Waals surface area contributed by atoms with Gasteiger partial charge in [0.2, 0.25) is 5.95 Å². The molecular weight excluding hydrogens is 264 g/mol. The number of hydrogen-bond acceptors (Lipinski definition) is 5. The average Bonchev–Trinajstić information content (AvgIpc) is 3.00. The van der Waals surface area contributed by atoms with Crippen molar-refractivity contribution < 1.29 is 4.74 Å². The van der Waals surface area contributed by atoms with E-state index in [1.807, 2.05) is 6.07 Å². The Morgan fingerprint density at radius 2 is 1.95 bits per heavy atom. The van der Waals surface area contributed by atoms with Crippen LogP contribution in [0.2, 0.25) is 0 Å². The van der Waals surface area contributed by atoms with E-state index in [1.165, 1.54) is 45.3 Å². The van der Waals surface area contributed by atoms with Crippen LogP contribution in [0.1, 0.15) is 25.7 Å². The predicted molar refractivity (Wildman–Crippen MR) is 81.3 cm³/mol. The fraction of sp³-hybridized carbons (Fsp3) is 0.750. The third-order valence-corrected chi connectivity index (χ3v) is 5.14. The fourth-order valence-corrected chi connectivity index (χ4v) is 3.89. The minimum absolute atomic E-state index is 0.0840. The number of ether oxygens (including phenoxy) is 1. The Balaban J connectivity index is 1.26. The highest BCUT2D eigenvalue weighted by atomic mass is 16.5. The van der Waals surface area contributed by atoms with Crippen LogP contribution in [0, 0.1) is 5.92 Å². The molecule has 0 amide bonds. The third-order valence-electron chi connectivity index (χ3n) is 5.14. The molecule has 114 valence electrons. The smallest absolute Gasteiger partial charge is 0.225 e. The summed E-state index contributed by atoms with van der Waals surface area (Å²) in [6, 6.07) is 1.86. The molecular formula is C16H24N4O. The minimum Gasteiger partial charge on any atom is -0.371 e. The number of likely N-dealkylation sites (tertiary alicyclic amines) is 1. The molecule has 1 aromatic rings. The fourth-order valence-electron chi connectivity index (χ4n) is 3.89. The van der Waals surface area contributed by atoms with Crippen molar-refractivity contribution in [2.75, 3.05) is 44.2 Å². The van der Waals surface area contributed by atoms with E-state index in [-0.39, 0.29) is 5.60 Å². The molecule has 1 spiro atoms. The Labute approximate surface area is 126 Å². The van der Waals surface area contributed by atoms with E-state index < -0.39 is 0 Å². The number of hydrogen-bond donors (Lipinski definition) is 0. The molecule has 0 saturated carbocycles. The first-order chi connectivity index (χ1) is 10.3. The van der Waals surface area contributed by atoms with Gasteiger partial charge in [0.15, 0.2) is 0 Å². The zero-order valence-corrected chi connectivity index (χ0v) is 12.6. The molecule has 0 aliphatic carbocycles. The van der Waals surface area contributed by atoms with Gasteiger partial charge in [0.1, 0.15) is 5.60 Å². The first kappa shape index (κ1) is 13.5. The standard InChI is InChI=1S/C16H24N4O/c1-2-9-19(8-1)10-14-4-5-16(21-11-14)12-20(13-16)15-17-6-3-7-18-15/h3,6-7,14H,1-2,4-5,8-13H2/t14-/m0/s1. The topological polar surface area (TPSA) is 41.5 Å². The Bertz CT molecular complexity index is 458. The van der Waals surface area contributed by atoms with Crippen molar-refractivity contribution in [1.29, 1.82) is 0 Å². The zero-order chi connectivity index (χ0) is 14.1. The second-order valence-corrected chi connectivity index (χ2v) is 6.81. The van der Waals surface area contributed by atoms with Crippen LogP contribution in [0.4, 0.5) is 5.95 Å². The molecule has 4 rings (SSSR count). The summed E-state index contributed by atoms with van der Waals surface area (Å²) in [4.78, 5) is 13.5. The van der Waals surface area contributed by atoms with Crippen molar-refractivity contribution >= 4 is 5.95 Å². The van der Waals surface area contributed by atoms with Crippen LogP contribution >= 0.6 is 0 Å². The van der Waals surface area contributed by atoms with Crippen molar-refractivity contribution in [1.82, 2.24) is 14.9 Å². The van der Waals surface area contributed by atoms with Gasteiger partial charge in [-0.25, -0.2) is 9.97 Å². The number of rotatable bonds is 3. The Hall–Kier alpha value is -1.20. The average molecular weight is 288 g/mol. The monoisotopic (exact) mass is 288 g/mol. The van der Waals surface area contributed by atoms with E-state index in [9.17, 15) is 0 Å². The highest BCUT2D eigenvalue weighted by molar-refractivity contribution is 5.36. The van der Waals surface area contributed by atoms with Gasteiger partial charge in [-0.05, 0) is 50.8 Å². The van der Waals surface area contributed by atoms with Crippen LogP contribution in [0.25, 0.3) is 0 Å². The summed E-state index contributed by atoms with van der Waals surface area (Å²) in [7, 11) is 0. The summed E-state index contributed by atoms with van der Waals surface area (Å²) < 4.78 is 6.25. The summed E-state index contributed by atoms with van der Waals surface area (Å²) in [5.41, 5.74) is 0.0840. The molecule has 1 aromatic heterocycles. The molecule has 3 aliphatic rings. The molecule has 5 heteroatoms. The Kier molecular flexibility index (Phi) is 3.55. The van der Waals surface area contributed by atoms with Gasteiger partial charge in [0.25, 0.3) is 0 Å².